The number of hydrogen-bond donors (Lipinski definition) is 1. The van der Waals surface area contributed by atoms with Crippen LogP contribution in [0.15, 0.2) is 24.3 Å². The number of hydrogen-bond acceptors (Lipinski definition) is 3. The minimum absolute atomic E-state index is 0.136. The summed E-state index contributed by atoms with van der Waals surface area (Å²) in [4.78, 5) is 14.2. The number of halogens is 1. The molecule has 4 nitrogen and oxygen atoms in total. The van der Waals surface area contributed by atoms with Crippen molar-refractivity contribution in [3.63, 3.8) is 0 Å². The second-order valence-corrected chi connectivity index (χ2v) is 6.18. The molecule has 0 bridgehead atoms. The molecule has 21 heavy (non-hydrogen) atoms. The molecule has 5 heteroatoms. The van der Waals surface area contributed by atoms with Crippen LogP contribution in [-0.2, 0) is 4.79 Å². The van der Waals surface area contributed by atoms with Gasteiger partial charge in [0.25, 0.3) is 0 Å². The Balaban J connectivity index is 1.81. The summed E-state index contributed by atoms with van der Waals surface area (Å²) in [6.45, 7) is 3.92. The van der Waals surface area contributed by atoms with Gasteiger partial charge in [0, 0.05) is 12.1 Å². The lowest BCUT2D eigenvalue weighted by molar-refractivity contribution is -0.137. The van der Waals surface area contributed by atoms with Crippen LogP contribution in [0.3, 0.4) is 0 Å². The number of ether oxygens (including phenoxy) is 1. The number of benzene rings is 1. The number of amides is 1. The van der Waals surface area contributed by atoms with Gasteiger partial charge in [-0.2, -0.15) is 0 Å². The SMILES string of the molecule is CN(CCOc1cccc(Cl)c1)C(=O)C1(C)CCCCN1. The average Bonchev–Trinajstić information content (AvgIpc) is 2.47. The molecule has 0 radical (unpaired) electrons. The molecular formula is C16H23ClN2O2. The van der Waals surface area contributed by atoms with E-state index in [1.807, 2.05) is 26.1 Å². The van der Waals surface area contributed by atoms with E-state index in [4.69, 9.17) is 16.3 Å². The predicted molar refractivity (Wildman–Crippen MR) is 84.8 cm³/mol. The van der Waals surface area contributed by atoms with E-state index in [2.05, 4.69) is 5.32 Å². The molecule has 1 saturated heterocycles. The monoisotopic (exact) mass is 310 g/mol. The highest BCUT2D eigenvalue weighted by atomic mass is 35.5. The third kappa shape index (κ3) is 4.35. The van der Waals surface area contributed by atoms with Crippen LogP contribution >= 0.6 is 11.6 Å². The summed E-state index contributed by atoms with van der Waals surface area (Å²) in [6.07, 6.45) is 3.14. The standard InChI is InChI=1S/C16H23ClN2O2/c1-16(8-3-4-9-18-16)15(20)19(2)10-11-21-14-7-5-6-13(17)12-14/h5-7,12,18H,3-4,8-11H2,1-2H3. The molecule has 0 aliphatic carbocycles. The first-order valence-electron chi connectivity index (χ1n) is 7.40. The molecule has 2 rings (SSSR count). The molecule has 1 atom stereocenters. The third-order valence-corrected chi connectivity index (χ3v) is 4.16. The second kappa shape index (κ2) is 7.14. The average molecular weight is 311 g/mol. The van der Waals surface area contributed by atoms with Crippen molar-refractivity contribution in [3.05, 3.63) is 29.3 Å². The van der Waals surface area contributed by atoms with E-state index in [0.717, 1.165) is 31.6 Å². The highest BCUT2D eigenvalue weighted by Gasteiger charge is 2.36. The highest BCUT2D eigenvalue weighted by molar-refractivity contribution is 6.30. The summed E-state index contributed by atoms with van der Waals surface area (Å²) in [5, 5.41) is 3.99. The fraction of sp³-hybridized carbons (Fsp3) is 0.562. The number of carbonyl (C=O) groups excluding carboxylic acids is 1. The van der Waals surface area contributed by atoms with Crippen LogP contribution in [0.1, 0.15) is 26.2 Å². The minimum atomic E-state index is -0.428. The molecule has 1 heterocycles. The number of nitrogens with zero attached hydrogens (tertiary/aromatic N) is 1. The van der Waals surface area contributed by atoms with Crippen molar-refractivity contribution in [3.8, 4) is 5.75 Å². The van der Waals surface area contributed by atoms with E-state index in [-0.39, 0.29) is 5.91 Å². The zero-order chi connectivity index (χ0) is 15.3. The van der Waals surface area contributed by atoms with E-state index in [9.17, 15) is 4.79 Å². The first kappa shape index (κ1) is 16.1. The Morgan fingerprint density at radius 1 is 1.48 bits per heavy atom. The Kier molecular flexibility index (Phi) is 5.48. The molecule has 1 N–H and O–H groups in total. The van der Waals surface area contributed by atoms with Gasteiger partial charge in [0.05, 0.1) is 12.1 Å². The van der Waals surface area contributed by atoms with Gasteiger partial charge in [-0.25, -0.2) is 0 Å². The maximum atomic E-state index is 12.5. The largest absolute Gasteiger partial charge is 0.492 e. The normalized spacial score (nSPS) is 21.9. The van der Waals surface area contributed by atoms with Crippen LogP contribution in [0.5, 0.6) is 5.75 Å². The molecule has 1 aliphatic rings. The van der Waals surface area contributed by atoms with E-state index < -0.39 is 5.54 Å². The first-order valence-corrected chi connectivity index (χ1v) is 7.78. The van der Waals surface area contributed by atoms with Gasteiger partial charge in [0.2, 0.25) is 5.91 Å². The van der Waals surface area contributed by atoms with Crippen LogP contribution in [0.2, 0.25) is 5.02 Å². The Bertz CT molecular complexity index is 487. The van der Waals surface area contributed by atoms with Crippen LogP contribution in [0, 0.1) is 0 Å². The lowest BCUT2D eigenvalue weighted by atomic mass is 9.89. The molecule has 1 aromatic carbocycles. The maximum Gasteiger partial charge on any atom is 0.242 e. The summed E-state index contributed by atoms with van der Waals surface area (Å²) in [6, 6.07) is 7.28. The molecule has 0 saturated carbocycles. The van der Waals surface area contributed by atoms with E-state index in [1.54, 1.807) is 17.0 Å². The lowest BCUT2D eigenvalue weighted by Crippen LogP contribution is -2.57. The molecular weight excluding hydrogens is 288 g/mol. The topological polar surface area (TPSA) is 41.6 Å². The van der Waals surface area contributed by atoms with E-state index in [1.165, 1.54) is 0 Å². The number of piperidine rings is 1. The zero-order valence-electron chi connectivity index (χ0n) is 12.7. The summed E-state index contributed by atoms with van der Waals surface area (Å²) >= 11 is 5.90. The van der Waals surface area contributed by atoms with Gasteiger partial charge in [0.15, 0.2) is 0 Å². The summed E-state index contributed by atoms with van der Waals surface area (Å²) in [5.41, 5.74) is -0.428. The first-order chi connectivity index (χ1) is 10.0. The van der Waals surface area contributed by atoms with Crippen molar-refractivity contribution in [2.75, 3.05) is 26.7 Å². The van der Waals surface area contributed by atoms with Crippen molar-refractivity contribution in [1.82, 2.24) is 10.2 Å². The Morgan fingerprint density at radius 2 is 2.29 bits per heavy atom. The fourth-order valence-electron chi connectivity index (χ4n) is 2.62. The zero-order valence-corrected chi connectivity index (χ0v) is 13.4. The molecule has 116 valence electrons. The van der Waals surface area contributed by atoms with Crippen LogP contribution in [0.4, 0.5) is 0 Å². The minimum Gasteiger partial charge on any atom is -0.492 e. The number of likely N-dealkylation sites (N-methyl/N-ethyl adjacent to an activating group) is 1. The van der Waals surface area contributed by atoms with Gasteiger partial charge in [0.1, 0.15) is 12.4 Å². The quantitative estimate of drug-likeness (QED) is 0.909. The second-order valence-electron chi connectivity index (χ2n) is 5.75. The molecule has 1 fully saturated rings. The third-order valence-electron chi connectivity index (χ3n) is 3.93. The van der Waals surface area contributed by atoms with Crippen LogP contribution in [-0.4, -0.2) is 43.1 Å². The van der Waals surface area contributed by atoms with Gasteiger partial charge in [-0.3, -0.25) is 4.79 Å². The Morgan fingerprint density at radius 3 is 2.95 bits per heavy atom. The summed E-state index contributed by atoms with van der Waals surface area (Å²) < 4.78 is 5.63. The molecule has 1 amide bonds. The van der Waals surface area contributed by atoms with Crippen molar-refractivity contribution in [2.45, 2.75) is 31.7 Å². The molecule has 0 aromatic heterocycles. The van der Waals surface area contributed by atoms with Crippen molar-refractivity contribution in [2.24, 2.45) is 0 Å². The maximum absolute atomic E-state index is 12.5. The Labute approximate surface area is 131 Å². The Hall–Kier alpha value is -1.26. The lowest BCUT2D eigenvalue weighted by Gasteiger charge is -2.36. The molecule has 0 spiro atoms. The van der Waals surface area contributed by atoms with Crippen molar-refractivity contribution >= 4 is 17.5 Å². The van der Waals surface area contributed by atoms with Gasteiger partial charge < -0.3 is 15.0 Å². The smallest absolute Gasteiger partial charge is 0.242 e. The molecule has 1 unspecified atom stereocenters. The molecule has 1 aliphatic heterocycles. The van der Waals surface area contributed by atoms with Gasteiger partial charge >= 0.3 is 0 Å². The fourth-order valence-corrected chi connectivity index (χ4v) is 2.80. The van der Waals surface area contributed by atoms with E-state index in [0.29, 0.717) is 18.2 Å². The summed E-state index contributed by atoms with van der Waals surface area (Å²) in [5.74, 6) is 0.863. The number of nitrogens with one attached hydrogen (secondary N) is 1. The predicted octanol–water partition coefficient (Wildman–Crippen LogP) is 2.71. The van der Waals surface area contributed by atoms with Crippen LogP contribution in [0.25, 0.3) is 0 Å². The number of carbonyl (C=O) groups is 1. The van der Waals surface area contributed by atoms with Crippen molar-refractivity contribution in [1.29, 1.82) is 0 Å². The van der Waals surface area contributed by atoms with Crippen molar-refractivity contribution < 1.29 is 9.53 Å². The van der Waals surface area contributed by atoms with Gasteiger partial charge in [-0.15, -0.1) is 0 Å². The summed E-state index contributed by atoms with van der Waals surface area (Å²) in [7, 11) is 1.82. The van der Waals surface area contributed by atoms with Crippen LogP contribution < -0.4 is 10.1 Å². The van der Waals surface area contributed by atoms with Gasteiger partial charge in [-0.05, 0) is 50.9 Å². The number of rotatable bonds is 5. The highest BCUT2D eigenvalue weighted by Crippen LogP contribution is 2.21. The molecule has 1 aromatic rings. The van der Waals surface area contributed by atoms with E-state index >= 15 is 0 Å². The van der Waals surface area contributed by atoms with Gasteiger partial charge in [-0.1, -0.05) is 17.7 Å².